The van der Waals surface area contributed by atoms with Crippen LogP contribution in [0, 0.1) is 6.92 Å². The third kappa shape index (κ3) is 3.08. The van der Waals surface area contributed by atoms with Gasteiger partial charge in [0.1, 0.15) is 0 Å². The first-order valence-electron chi connectivity index (χ1n) is 8.81. The molecule has 1 atom stereocenters. The second-order valence-electron chi connectivity index (χ2n) is 6.64. The van der Waals surface area contributed by atoms with Crippen LogP contribution in [0.15, 0.2) is 47.8 Å². The molecule has 0 fully saturated rings. The number of benzene rings is 2. The van der Waals surface area contributed by atoms with E-state index in [9.17, 15) is 4.79 Å². The maximum Gasteiger partial charge on any atom is 0.225 e. The highest BCUT2D eigenvalue weighted by Crippen LogP contribution is 2.49. The van der Waals surface area contributed by atoms with Crippen molar-refractivity contribution >= 4 is 22.9 Å². The van der Waals surface area contributed by atoms with Gasteiger partial charge in [0.15, 0.2) is 11.5 Å². The lowest BCUT2D eigenvalue weighted by Gasteiger charge is -2.25. The van der Waals surface area contributed by atoms with E-state index in [2.05, 4.69) is 41.9 Å². The number of rotatable bonds is 4. The molecule has 1 aromatic heterocycles. The molecule has 2 heterocycles. The highest BCUT2D eigenvalue weighted by atomic mass is 32.1. The van der Waals surface area contributed by atoms with Gasteiger partial charge in [-0.2, -0.15) is 0 Å². The van der Waals surface area contributed by atoms with Gasteiger partial charge in [-0.15, -0.1) is 11.3 Å². The Morgan fingerprint density at radius 2 is 1.85 bits per heavy atom. The quantitative estimate of drug-likeness (QED) is 0.676. The molecule has 5 heteroatoms. The zero-order valence-corrected chi connectivity index (χ0v) is 16.4. The van der Waals surface area contributed by atoms with Crippen LogP contribution in [-0.4, -0.2) is 20.1 Å². The summed E-state index contributed by atoms with van der Waals surface area (Å²) in [4.78, 5) is 13.7. The molecule has 27 heavy (non-hydrogen) atoms. The van der Waals surface area contributed by atoms with Crippen molar-refractivity contribution < 1.29 is 14.3 Å². The predicted molar refractivity (Wildman–Crippen MR) is 109 cm³/mol. The number of amides is 1. The molecule has 1 N–H and O–H groups in total. The van der Waals surface area contributed by atoms with Gasteiger partial charge in [-0.25, -0.2) is 0 Å². The lowest BCUT2D eigenvalue weighted by molar-refractivity contribution is -0.116. The summed E-state index contributed by atoms with van der Waals surface area (Å²) in [5, 5.41) is 5.21. The van der Waals surface area contributed by atoms with E-state index in [0.29, 0.717) is 17.9 Å². The Kier molecular flexibility index (Phi) is 4.62. The van der Waals surface area contributed by atoms with Crippen LogP contribution in [0.3, 0.4) is 0 Å². The van der Waals surface area contributed by atoms with Gasteiger partial charge in [-0.05, 0) is 18.6 Å². The molecule has 2 aromatic carbocycles. The van der Waals surface area contributed by atoms with Crippen LogP contribution in [0.2, 0.25) is 0 Å². The van der Waals surface area contributed by atoms with E-state index in [4.69, 9.17) is 9.47 Å². The van der Waals surface area contributed by atoms with E-state index in [1.165, 1.54) is 5.56 Å². The van der Waals surface area contributed by atoms with Gasteiger partial charge in [0.25, 0.3) is 0 Å². The number of hydrogen-bond acceptors (Lipinski definition) is 4. The van der Waals surface area contributed by atoms with Crippen molar-refractivity contribution in [3.63, 3.8) is 0 Å². The first-order chi connectivity index (χ1) is 13.1. The summed E-state index contributed by atoms with van der Waals surface area (Å²) in [5.74, 6) is 1.33. The number of thiophene rings is 1. The van der Waals surface area contributed by atoms with Crippen molar-refractivity contribution in [2.24, 2.45) is 0 Å². The predicted octanol–water partition coefficient (Wildman–Crippen LogP) is 5.21. The molecule has 0 saturated heterocycles. The number of ether oxygens (including phenoxy) is 2. The summed E-state index contributed by atoms with van der Waals surface area (Å²) in [7, 11) is 3.26. The Balaban J connectivity index is 1.84. The fraction of sp³-hybridized carbons (Fsp3) is 0.227. The molecule has 1 aliphatic rings. The fourth-order valence-corrected chi connectivity index (χ4v) is 4.76. The van der Waals surface area contributed by atoms with E-state index in [1.54, 1.807) is 25.6 Å². The molecule has 4 nitrogen and oxygen atoms in total. The summed E-state index contributed by atoms with van der Waals surface area (Å²) < 4.78 is 11.1. The minimum atomic E-state index is -0.0528. The SMILES string of the molecule is COc1cccc(C2CC(=O)Nc3c(-c4ccc(C)cc4)csc32)c1OC. The van der Waals surface area contributed by atoms with Crippen molar-refractivity contribution in [2.75, 3.05) is 19.5 Å². The first kappa shape index (κ1) is 17.6. The van der Waals surface area contributed by atoms with Gasteiger partial charge in [0, 0.05) is 33.7 Å². The number of para-hydroxylation sites is 1. The van der Waals surface area contributed by atoms with Crippen molar-refractivity contribution in [3.8, 4) is 22.6 Å². The molecule has 1 aliphatic heterocycles. The summed E-state index contributed by atoms with van der Waals surface area (Å²) in [5.41, 5.74) is 5.28. The molecule has 0 radical (unpaired) electrons. The molecule has 3 aromatic rings. The van der Waals surface area contributed by atoms with Gasteiger partial charge in [-0.3, -0.25) is 4.79 Å². The molecule has 1 unspecified atom stereocenters. The van der Waals surface area contributed by atoms with E-state index in [-0.39, 0.29) is 11.8 Å². The topological polar surface area (TPSA) is 47.6 Å². The van der Waals surface area contributed by atoms with Gasteiger partial charge < -0.3 is 14.8 Å². The molecule has 0 spiro atoms. The van der Waals surface area contributed by atoms with Gasteiger partial charge in [-0.1, -0.05) is 42.0 Å². The van der Waals surface area contributed by atoms with Crippen LogP contribution in [0.4, 0.5) is 5.69 Å². The number of carbonyl (C=O) groups excluding carboxylic acids is 1. The molecular formula is C22H21NO3S. The summed E-state index contributed by atoms with van der Waals surface area (Å²) in [6, 6.07) is 14.2. The Hall–Kier alpha value is -2.79. The first-order valence-corrected chi connectivity index (χ1v) is 9.69. The smallest absolute Gasteiger partial charge is 0.225 e. The highest BCUT2D eigenvalue weighted by Gasteiger charge is 2.32. The largest absolute Gasteiger partial charge is 0.493 e. The van der Waals surface area contributed by atoms with Crippen molar-refractivity contribution in [3.05, 3.63) is 63.8 Å². The standard InChI is InChI=1S/C22H21NO3S/c1-13-7-9-14(10-8-13)17-12-27-22-16(11-19(24)23-20(17)22)15-5-4-6-18(25-2)21(15)26-3/h4-10,12,16H,11H2,1-3H3,(H,23,24). The number of hydrogen-bond donors (Lipinski definition) is 1. The Bertz CT molecular complexity index is 991. The Morgan fingerprint density at radius 1 is 1.07 bits per heavy atom. The van der Waals surface area contributed by atoms with Crippen molar-refractivity contribution in [1.82, 2.24) is 0 Å². The van der Waals surface area contributed by atoms with Crippen LogP contribution in [0.25, 0.3) is 11.1 Å². The van der Waals surface area contributed by atoms with Crippen molar-refractivity contribution in [1.29, 1.82) is 0 Å². The average molecular weight is 379 g/mol. The molecular weight excluding hydrogens is 358 g/mol. The Morgan fingerprint density at radius 3 is 2.56 bits per heavy atom. The number of fused-ring (bicyclic) bond motifs is 1. The third-order valence-electron chi connectivity index (χ3n) is 4.96. The lowest BCUT2D eigenvalue weighted by Crippen LogP contribution is -2.22. The highest BCUT2D eigenvalue weighted by molar-refractivity contribution is 7.11. The second-order valence-corrected chi connectivity index (χ2v) is 7.55. The van der Waals surface area contributed by atoms with Crippen LogP contribution >= 0.6 is 11.3 Å². The molecule has 4 rings (SSSR count). The summed E-state index contributed by atoms with van der Waals surface area (Å²) in [6.07, 6.45) is 0.393. The van der Waals surface area contributed by atoms with Crippen molar-refractivity contribution in [2.45, 2.75) is 19.3 Å². The molecule has 1 amide bonds. The summed E-state index contributed by atoms with van der Waals surface area (Å²) >= 11 is 1.68. The maximum atomic E-state index is 12.5. The molecule has 138 valence electrons. The summed E-state index contributed by atoms with van der Waals surface area (Å²) in [6.45, 7) is 2.07. The number of anilines is 1. The number of carbonyl (C=O) groups is 1. The van der Waals surface area contributed by atoms with Crippen LogP contribution in [-0.2, 0) is 4.79 Å². The number of aryl methyl sites for hydroxylation is 1. The van der Waals surface area contributed by atoms with E-state index >= 15 is 0 Å². The van der Waals surface area contributed by atoms with Crippen LogP contribution in [0.1, 0.15) is 28.3 Å². The van der Waals surface area contributed by atoms with E-state index in [1.807, 2.05) is 18.2 Å². The van der Waals surface area contributed by atoms with Gasteiger partial charge >= 0.3 is 0 Å². The van der Waals surface area contributed by atoms with E-state index < -0.39 is 0 Å². The zero-order valence-electron chi connectivity index (χ0n) is 15.5. The Labute approximate surface area is 162 Å². The van der Waals surface area contributed by atoms with Crippen LogP contribution < -0.4 is 14.8 Å². The molecule has 0 bridgehead atoms. The molecule has 0 saturated carbocycles. The average Bonchev–Trinajstić information content (AvgIpc) is 3.11. The minimum Gasteiger partial charge on any atom is -0.493 e. The zero-order chi connectivity index (χ0) is 19.0. The van der Waals surface area contributed by atoms with Crippen LogP contribution in [0.5, 0.6) is 11.5 Å². The maximum absolute atomic E-state index is 12.5. The number of nitrogens with one attached hydrogen (secondary N) is 1. The third-order valence-corrected chi connectivity index (χ3v) is 6.06. The number of methoxy groups -OCH3 is 2. The van der Waals surface area contributed by atoms with Gasteiger partial charge in [0.05, 0.1) is 19.9 Å². The fourth-order valence-electron chi connectivity index (χ4n) is 3.61. The van der Waals surface area contributed by atoms with Gasteiger partial charge in [0.2, 0.25) is 5.91 Å². The van der Waals surface area contributed by atoms with E-state index in [0.717, 1.165) is 27.3 Å². The minimum absolute atomic E-state index is 0.0177. The lowest BCUT2D eigenvalue weighted by atomic mass is 9.88. The monoisotopic (exact) mass is 379 g/mol. The second kappa shape index (κ2) is 7.08. The normalized spacial score (nSPS) is 15.8. The molecule has 0 aliphatic carbocycles.